The molecular weight excluding hydrogens is 300 g/mol. The van der Waals surface area contributed by atoms with E-state index in [1.54, 1.807) is 0 Å². The van der Waals surface area contributed by atoms with Gasteiger partial charge in [0.15, 0.2) is 5.82 Å². The number of nitrogens with two attached hydrogens (primary N) is 1. The van der Waals surface area contributed by atoms with Gasteiger partial charge in [0.1, 0.15) is 11.5 Å². The van der Waals surface area contributed by atoms with Crippen LogP contribution in [0.2, 0.25) is 0 Å². The number of benzene rings is 1. The number of aryl methyl sites for hydroxylation is 1. The Morgan fingerprint density at radius 2 is 2.14 bits per heavy atom. The van der Waals surface area contributed by atoms with Crippen LogP contribution in [0.4, 0.5) is 14.5 Å². The van der Waals surface area contributed by atoms with E-state index in [1.165, 1.54) is 17.3 Å². The summed E-state index contributed by atoms with van der Waals surface area (Å²) in [6, 6.07) is 2.29. The van der Waals surface area contributed by atoms with Crippen molar-refractivity contribution >= 4 is 15.9 Å². The number of anilines is 1. The topological polar surface area (TPSA) is 75.4 Å². The number of piperidine rings is 1. The summed E-state index contributed by atoms with van der Waals surface area (Å²) in [5.74, 6) is -1.76. The minimum absolute atomic E-state index is 0.0718. The summed E-state index contributed by atoms with van der Waals surface area (Å²) < 4.78 is 55.3. The molecule has 1 atom stereocenters. The quantitative estimate of drug-likeness (QED) is 0.885. The van der Waals surface area contributed by atoms with E-state index in [-0.39, 0.29) is 18.0 Å². The molecule has 21 heavy (non-hydrogen) atoms. The van der Waals surface area contributed by atoms with Crippen molar-refractivity contribution in [3.8, 4) is 0 Å². The Morgan fingerprint density at radius 3 is 2.81 bits per heavy atom. The summed E-state index contributed by atoms with van der Waals surface area (Å²) in [5.41, 5.74) is 5.11. The highest BCUT2D eigenvalue weighted by Gasteiger charge is 2.29. The van der Waals surface area contributed by atoms with Crippen molar-refractivity contribution in [3.63, 3.8) is 0 Å². The van der Waals surface area contributed by atoms with Crippen LogP contribution in [0.1, 0.15) is 18.4 Å². The van der Waals surface area contributed by atoms with Crippen LogP contribution < -0.4 is 10.5 Å². The molecule has 118 valence electrons. The van der Waals surface area contributed by atoms with Crippen LogP contribution in [-0.2, 0) is 10.2 Å². The molecular formula is C13H19F2N3O2S. The largest absolute Gasteiger partial charge is 0.330 e. The second-order valence-electron chi connectivity index (χ2n) is 5.26. The lowest BCUT2D eigenvalue weighted by molar-refractivity contribution is 0.272. The summed E-state index contributed by atoms with van der Waals surface area (Å²) in [6.07, 6.45) is 1.54. The Labute approximate surface area is 123 Å². The molecule has 1 unspecified atom stereocenters. The average molecular weight is 319 g/mol. The third-order valence-electron chi connectivity index (χ3n) is 3.67. The van der Waals surface area contributed by atoms with Gasteiger partial charge in [0.2, 0.25) is 0 Å². The molecule has 0 aliphatic carbocycles. The Hall–Kier alpha value is -1.25. The molecule has 1 aromatic carbocycles. The second-order valence-corrected chi connectivity index (χ2v) is 6.93. The Bertz CT molecular complexity index is 622. The highest BCUT2D eigenvalue weighted by atomic mass is 32.2. The molecule has 1 saturated heterocycles. The third kappa shape index (κ3) is 3.50. The molecule has 2 rings (SSSR count). The summed E-state index contributed by atoms with van der Waals surface area (Å²) in [4.78, 5) is 0. The van der Waals surface area contributed by atoms with Crippen molar-refractivity contribution in [3.05, 3.63) is 29.3 Å². The van der Waals surface area contributed by atoms with Crippen LogP contribution in [0.25, 0.3) is 0 Å². The van der Waals surface area contributed by atoms with E-state index in [4.69, 9.17) is 5.73 Å². The number of nitrogens with one attached hydrogen (secondary N) is 1. The molecule has 1 fully saturated rings. The molecule has 1 aliphatic rings. The highest BCUT2D eigenvalue weighted by Crippen LogP contribution is 2.25. The SMILES string of the molecule is Cc1ccc(F)c(NS(=O)(=O)N2CCCC(CN)C2)c1F. The molecule has 0 aromatic heterocycles. The van der Waals surface area contributed by atoms with Crippen LogP contribution in [0.15, 0.2) is 12.1 Å². The first-order valence-corrected chi connectivity index (χ1v) is 8.21. The molecule has 1 heterocycles. The number of hydrogen-bond donors (Lipinski definition) is 2. The smallest absolute Gasteiger partial charge is 0.301 e. The second kappa shape index (κ2) is 6.25. The summed E-state index contributed by atoms with van der Waals surface area (Å²) in [5, 5.41) is 0. The van der Waals surface area contributed by atoms with E-state index in [9.17, 15) is 17.2 Å². The fourth-order valence-electron chi connectivity index (χ4n) is 2.38. The fourth-order valence-corrected chi connectivity index (χ4v) is 3.73. The zero-order valence-corrected chi connectivity index (χ0v) is 12.6. The minimum atomic E-state index is -3.99. The molecule has 0 saturated carbocycles. The number of rotatable bonds is 4. The lowest BCUT2D eigenvalue weighted by Crippen LogP contribution is -2.44. The van der Waals surface area contributed by atoms with Crippen molar-refractivity contribution in [1.82, 2.24) is 4.31 Å². The molecule has 1 aliphatic heterocycles. The standard InChI is InChI=1S/C13H19F2N3O2S/c1-9-4-5-11(14)13(12(9)15)17-21(19,20)18-6-2-3-10(7-16)8-18/h4-5,10,17H,2-3,6-8,16H2,1H3. The summed E-state index contributed by atoms with van der Waals surface area (Å²) >= 11 is 0. The van der Waals surface area contributed by atoms with Crippen molar-refractivity contribution in [2.24, 2.45) is 11.7 Å². The minimum Gasteiger partial charge on any atom is -0.330 e. The van der Waals surface area contributed by atoms with Gasteiger partial charge in [-0.05, 0) is 43.9 Å². The van der Waals surface area contributed by atoms with Crippen molar-refractivity contribution in [1.29, 1.82) is 0 Å². The zero-order chi connectivity index (χ0) is 15.6. The van der Waals surface area contributed by atoms with Crippen molar-refractivity contribution < 1.29 is 17.2 Å². The first-order chi connectivity index (χ1) is 9.85. The number of halogens is 2. The van der Waals surface area contributed by atoms with Crippen LogP contribution in [0.3, 0.4) is 0 Å². The number of hydrogen-bond acceptors (Lipinski definition) is 3. The van der Waals surface area contributed by atoms with Gasteiger partial charge in [-0.25, -0.2) is 8.78 Å². The van der Waals surface area contributed by atoms with Gasteiger partial charge in [0.05, 0.1) is 0 Å². The lowest BCUT2D eigenvalue weighted by atomic mass is 10.0. The Balaban J connectivity index is 2.24. The van der Waals surface area contributed by atoms with Crippen LogP contribution in [-0.4, -0.2) is 32.4 Å². The first kappa shape index (κ1) is 16.1. The van der Waals surface area contributed by atoms with Gasteiger partial charge in [-0.15, -0.1) is 0 Å². The van der Waals surface area contributed by atoms with Gasteiger partial charge < -0.3 is 5.73 Å². The maximum Gasteiger partial charge on any atom is 0.301 e. The van der Waals surface area contributed by atoms with Crippen molar-refractivity contribution in [2.75, 3.05) is 24.4 Å². The normalized spacial score (nSPS) is 20.5. The molecule has 1 aromatic rings. The van der Waals surface area contributed by atoms with E-state index >= 15 is 0 Å². The fraction of sp³-hybridized carbons (Fsp3) is 0.538. The van der Waals surface area contributed by atoms with Gasteiger partial charge in [-0.2, -0.15) is 12.7 Å². The van der Waals surface area contributed by atoms with E-state index in [0.29, 0.717) is 19.5 Å². The van der Waals surface area contributed by atoms with E-state index in [2.05, 4.69) is 0 Å². The van der Waals surface area contributed by atoms with Crippen LogP contribution >= 0.6 is 0 Å². The van der Waals surface area contributed by atoms with Gasteiger partial charge >= 0.3 is 10.2 Å². The zero-order valence-electron chi connectivity index (χ0n) is 11.8. The lowest BCUT2D eigenvalue weighted by Gasteiger charge is -2.31. The molecule has 0 spiro atoms. The highest BCUT2D eigenvalue weighted by molar-refractivity contribution is 7.90. The maximum absolute atomic E-state index is 13.9. The van der Waals surface area contributed by atoms with E-state index in [1.807, 2.05) is 4.72 Å². The Morgan fingerprint density at radius 1 is 1.43 bits per heavy atom. The third-order valence-corrected chi connectivity index (χ3v) is 5.14. The number of nitrogens with zero attached hydrogens (tertiary/aromatic N) is 1. The average Bonchev–Trinajstić information content (AvgIpc) is 2.48. The van der Waals surface area contributed by atoms with Gasteiger partial charge in [-0.1, -0.05) is 6.07 Å². The van der Waals surface area contributed by atoms with Gasteiger partial charge in [-0.3, -0.25) is 4.72 Å². The van der Waals surface area contributed by atoms with Crippen molar-refractivity contribution in [2.45, 2.75) is 19.8 Å². The molecule has 0 bridgehead atoms. The van der Waals surface area contributed by atoms with Crippen LogP contribution in [0, 0.1) is 24.5 Å². The molecule has 0 amide bonds. The predicted octanol–water partition coefficient (Wildman–Crippen LogP) is 1.60. The van der Waals surface area contributed by atoms with E-state index < -0.39 is 27.5 Å². The van der Waals surface area contributed by atoms with E-state index in [0.717, 1.165) is 12.5 Å². The molecule has 3 N–H and O–H groups in total. The molecule has 0 radical (unpaired) electrons. The van der Waals surface area contributed by atoms with Gasteiger partial charge in [0, 0.05) is 13.1 Å². The van der Waals surface area contributed by atoms with Crippen LogP contribution in [0.5, 0.6) is 0 Å². The molecule has 5 nitrogen and oxygen atoms in total. The summed E-state index contributed by atoms with van der Waals surface area (Å²) in [6.45, 7) is 2.42. The first-order valence-electron chi connectivity index (χ1n) is 6.77. The monoisotopic (exact) mass is 319 g/mol. The summed E-state index contributed by atoms with van der Waals surface area (Å²) in [7, 11) is -3.99. The molecule has 8 heteroatoms. The van der Waals surface area contributed by atoms with Gasteiger partial charge in [0.25, 0.3) is 0 Å². The predicted molar refractivity (Wildman–Crippen MR) is 77.0 cm³/mol. The maximum atomic E-state index is 13.9. The Kier molecular flexibility index (Phi) is 4.80.